The molecule has 0 radical (unpaired) electrons. The van der Waals surface area contributed by atoms with Crippen LogP contribution in [0, 0.1) is 0 Å². The number of carboxylic acids is 1. The van der Waals surface area contributed by atoms with Crippen molar-refractivity contribution in [3.05, 3.63) is 0 Å². The molecule has 1 heterocycles. The van der Waals surface area contributed by atoms with Gasteiger partial charge < -0.3 is 25.6 Å². The van der Waals surface area contributed by atoms with E-state index in [9.17, 15) is 9.59 Å². The number of hydrogen-bond donors (Lipinski definition) is 4. The van der Waals surface area contributed by atoms with Crippen LogP contribution >= 0.6 is 0 Å². The van der Waals surface area contributed by atoms with Crippen molar-refractivity contribution >= 4 is 12.0 Å². The van der Waals surface area contributed by atoms with Gasteiger partial charge in [-0.05, 0) is 19.8 Å². The number of carbonyl (C=O) groups excluding carboxylic acids is 1. The predicted octanol–water partition coefficient (Wildman–Crippen LogP) is -0.700. The maximum absolute atomic E-state index is 11.4. The predicted molar refractivity (Wildman–Crippen MR) is 58.6 cm³/mol. The molecule has 2 amide bonds. The Labute approximate surface area is 99.1 Å². The minimum Gasteiger partial charge on any atom is -0.480 e. The fourth-order valence-corrected chi connectivity index (χ4v) is 1.64. The monoisotopic (exact) mass is 246 g/mol. The highest BCUT2D eigenvalue weighted by molar-refractivity contribution is 5.82. The van der Waals surface area contributed by atoms with Crippen molar-refractivity contribution in [2.75, 3.05) is 19.8 Å². The molecule has 1 saturated heterocycles. The molecule has 0 aromatic carbocycles. The Bertz CT molecular complexity index is 288. The summed E-state index contributed by atoms with van der Waals surface area (Å²) in [5, 5.41) is 22.0. The van der Waals surface area contributed by atoms with Gasteiger partial charge in [0.2, 0.25) is 0 Å². The first-order valence-electron chi connectivity index (χ1n) is 5.49. The van der Waals surface area contributed by atoms with Crippen molar-refractivity contribution in [3.8, 4) is 0 Å². The second kappa shape index (κ2) is 5.83. The smallest absolute Gasteiger partial charge is 0.328 e. The van der Waals surface area contributed by atoms with Gasteiger partial charge in [-0.1, -0.05) is 0 Å². The fourth-order valence-electron chi connectivity index (χ4n) is 1.64. The van der Waals surface area contributed by atoms with Crippen LogP contribution in [0.5, 0.6) is 0 Å². The standard InChI is InChI=1S/C10H18N2O5/c1-10(3-2-4-17-10)6-11-9(16)12-7(5-13)8(14)15/h7,13H,2-6H2,1H3,(H,14,15)(H2,11,12,16)/t7-,10?/m1/s1. The average molecular weight is 246 g/mol. The highest BCUT2D eigenvalue weighted by Crippen LogP contribution is 2.23. The normalized spacial score (nSPS) is 25.3. The van der Waals surface area contributed by atoms with Gasteiger partial charge in [-0.15, -0.1) is 0 Å². The number of hydrogen-bond acceptors (Lipinski definition) is 4. The van der Waals surface area contributed by atoms with Gasteiger partial charge in [0, 0.05) is 13.2 Å². The molecule has 0 bridgehead atoms. The third kappa shape index (κ3) is 4.20. The molecule has 1 unspecified atom stereocenters. The van der Waals surface area contributed by atoms with E-state index < -0.39 is 24.6 Å². The third-order valence-electron chi connectivity index (χ3n) is 2.71. The quantitative estimate of drug-likeness (QED) is 0.513. The molecule has 1 fully saturated rings. The van der Waals surface area contributed by atoms with Gasteiger partial charge in [0.15, 0.2) is 6.04 Å². The van der Waals surface area contributed by atoms with Crippen molar-refractivity contribution in [1.82, 2.24) is 10.6 Å². The van der Waals surface area contributed by atoms with E-state index in [1.807, 2.05) is 6.92 Å². The van der Waals surface area contributed by atoms with E-state index in [0.717, 1.165) is 12.8 Å². The first kappa shape index (κ1) is 13.7. The largest absolute Gasteiger partial charge is 0.480 e. The van der Waals surface area contributed by atoms with Gasteiger partial charge in [0.1, 0.15) is 0 Å². The number of carboxylic acid groups (broad SMARTS) is 1. The lowest BCUT2D eigenvalue weighted by atomic mass is 10.0. The molecule has 7 heteroatoms. The number of aliphatic hydroxyl groups excluding tert-OH is 1. The van der Waals surface area contributed by atoms with E-state index in [0.29, 0.717) is 13.2 Å². The first-order chi connectivity index (χ1) is 7.97. The van der Waals surface area contributed by atoms with E-state index in [2.05, 4.69) is 10.6 Å². The van der Waals surface area contributed by atoms with Crippen LogP contribution < -0.4 is 10.6 Å². The molecule has 7 nitrogen and oxygen atoms in total. The number of rotatable bonds is 5. The Balaban J connectivity index is 2.31. The van der Waals surface area contributed by atoms with Gasteiger partial charge in [0.05, 0.1) is 12.2 Å². The molecule has 1 rings (SSSR count). The van der Waals surface area contributed by atoms with Gasteiger partial charge in [-0.2, -0.15) is 0 Å². The van der Waals surface area contributed by atoms with Crippen molar-refractivity contribution < 1.29 is 24.5 Å². The Hall–Kier alpha value is -1.34. The highest BCUT2D eigenvalue weighted by atomic mass is 16.5. The van der Waals surface area contributed by atoms with E-state index in [1.54, 1.807) is 0 Å². The van der Waals surface area contributed by atoms with Crippen molar-refractivity contribution in [3.63, 3.8) is 0 Å². The summed E-state index contributed by atoms with van der Waals surface area (Å²) in [5.74, 6) is -1.27. The molecule has 0 aromatic heterocycles. The summed E-state index contributed by atoms with van der Waals surface area (Å²) in [6.07, 6.45) is 1.81. The van der Waals surface area contributed by atoms with E-state index in [-0.39, 0.29) is 5.60 Å². The molecule has 4 N–H and O–H groups in total. The van der Waals surface area contributed by atoms with Crippen LogP contribution in [-0.2, 0) is 9.53 Å². The number of ether oxygens (including phenoxy) is 1. The molecule has 0 aromatic rings. The van der Waals surface area contributed by atoms with Crippen LogP contribution in [-0.4, -0.2) is 53.6 Å². The lowest BCUT2D eigenvalue weighted by Crippen LogP contribution is -2.50. The Morgan fingerprint density at radius 2 is 2.24 bits per heavy atom. The zero-order chi connectivity index (χ0) is 12.9. The molecule has 17 heavy (non-hydrogen) atoms. The highest BCUT2D eigenvalue weighted by Gasteiger charge is 2.30. The molecule has 1 aliphatic heterocycles. The second-order valence-electron chi connectivity index (χ2n) is 4.30. The number of nitrogens with one attached hydrogen (secondary N) is 2. The maximum atomic E-state index is 11.4. The van der Waals surface area contributed by atoms with Crippen LogP contribution in [0.3, 0.4) is 0 Å². The summed E-state index contributed by atoms with van der Waals surface area (Å²) < 4.78 is 5.46. The Kier molecular flexibility index (Phi) is 4.71. The Morgan fingerprint density at radius 1 is 1.53 bits per heavy atom. The van der Waals surface area contributed by atoms with Crippen LogP contribution in [0.25, 0.3) is 0 Å². The van der Waals surface area contributed by atoms with Crippen LogP contribution in [0.4, 0.5) is 4.79 Å². The molecule has 0 spiro atoms. The number of amides is 2. The summed E-state index contributed by atoms with van der Waals surface area (Å²) >= 11 is 0. The maximum Gasteiger partial charge on any atom is 0.328 e. The van der Waals surface area contributed by atoms with Crippen molar-refractivity contribution in [2.45, 2.75) is 31.4 Å². The molecular weight excluding hydrogens is 228 g/mol. The SMILES string of the molecule is CC1(CNC(=O)N[C@H](CO)C(=O)O)CCCO1. The van der Waals surface area contributed by atoms with Crippen LogP contribution in [0.2, 0.25) is 0 Å². The molecular formula is C10H18N2O5. The number of aliphatic hydroxyl groups is 1. The zero-order valence-corrected chi connectivity index (χ0v) is 9.73. The summed E-state index contributed by atoms with van der Waals surface area (Å²) in [6.45, 7) is 2.24. The number of urea groups is 1. The lowest BCUT2D eigenvalue weighted by Gasteiger charge is -2.23. The first-order valence-corrected chi connectivity index (χ1v) is 5.49. The summed E-state index contributed by atoms with van der Waals surface area (Å²) in [7, 11) is 0. The summed E-state index contributed by atoms with van der Waals surface area (Å²) in [5.41, 5.74) is -0.380. The molecule has 0 saturated carbocycles. The minimum atomic E-state index is -1.28. The van der Waals surface area contributed by atoms with Crippen LogP contribution in [0.15, 0.2) is 0 Å². The van der Waals surface area contributed by atoms with Gasteiger partial charge in [-0.25, -0.2) is 9.59 Å². The van der Waals surface area contributed by atoms with E-state index in [1.165, 1.54) is 0 Å². The molecule has 98 valence electrons. The van der Waals surface area contributed by atoms with Crippen molar-refractivity contribution in [2.24, 2.45) is 0 Å². The zero-order valence-electron chi connectivity index (χ0n) is 9.73. The molecule has 0 aliphatic carbocycles. The average Bonchev–Trinajstić information content (AvgIpc) is 2.70. The van der Waals surface area contributed by atoms with E-state index in [4.69, 9.17) is 14.9 Å². The Morgan fingerprint density at radius 3 is 2.71 bits per heavy atom. The summed E-state index contributed by atoms with van der Waals surface area (Å²) in [6, 6.07) is -1.91. The lowest BCUT2D eigenvalue weighted by molar-refractivity contribution is -0.140. The van der Waals surface area contributed by atoms with Crippen molar-refractivity contribution in [1.29, 1.82) is 0 Å². The van der Waals surface area contributed by atoms with Crippen LogP contribution in [0.1, 0.15) is 19.8 Å². The fraction of sp³-hybridized carbons (Fsp3) is 0.800. The van der Waals surface area contributed by atoms with E-state index >= 15 is 0 Å². The third-order valence-corrected chi connectivity index (χ3v) is 2.71. The van der Waals surface area contributed by atoms with Gasteiger partial charge in [0.25, 0.3) is 0 Å². The number of carbonyl (C=O) groups is 2. The molecule has 2 atom stereocenters. The topological polar surface area (TPSA) is 108 Å². The molecule has 1 aliphatic rings. The van der Waals surface area contributed by atoms with Gasteiger partial charge >= 0.3 is 12.0 Å². The second-order valence-corrected chi connectivity index (χ2v) is 4.30. The minimum absolute atomic E-state index is 0.316. The summed E-state index contributed by atoms with van der Waals surface area (Å²) in [4.78, 5) is 21.9. The van der Waals surface area contributed by atoms with Gasteiger partial charge in [-0.3, -0.25) is 0 Å². The number of aliphatic carboxylic acids is 1.